The van der Waals surface area contributed by atoms with E-state index in [2.05, 4.69) is 33.5 Å². The topological polar surface area (TPSA) is 61.4 Å². The summed E-state index contributed by atoms with van der Waals surface area (Å²) in [6.07, 6.45) is 4.00. The van der Waals surface area contributed by atoms with Gasteiger partial charge in [0.15, 0.2) is 0 Å². The zero-order valence-corrected chi connectivity index (χ0v) is 15.8. The molecule has 0 saturated heterocycles. The average molecular weight is 407 g/mol. The lowest BCUT2D eigenvalue weighted by molar-refractivity contribution is 0.0935. The molecule has 1 aromatic heterocycles. The highest BCUT2D eigenvalue weighted by Crippen LogP contribution is 2.43. The van der Waals surface area contributed by atoms with Crippen LogP contribution in [-0.2, 0) is 12.8 Å². The van der Waals surface area contributed by atoms with Crippen molar-refractivity contribution in [3.05, 3.63) is 44.2 Å². The van der Waals surface area contributed by atoms with Gasteiger partial charge in [0.1, 0.15) is 16.9 Å². The number of phenolic OH excluding ortho intramolecular Hbond substituents is 1. The maximum Gasteiger partial charge on any atom is 0.256 e. The molecule has 1 amide bonds. The first-order valence-corrected chi connectivity index (χ1v) is 9.88. The number of thiophene rings is 1. The summed E-state index contributed by atoms with van der Waals surface area (Å²) in [5, 5.41) is 17.5. The van der Waals surface area contributed by atoms with Crippen LogP contribution in [0.1, 0.15) is 52.3 Å². The molecule has 0 spiro atoms. The van der Waals surface area contributed by atoms with Crippen molar-refractivity contribution in [3.63, 3.8) is 0 Å². The van der Waals surface area contributed by atoms with Gasteiger partial charge in [-0.25, -0.2) is 0 Å². The van der Waals surface area contributed by atoms with Crippen molar-refractivity contribution in [3.8, 4) is 5.75 Å². The van der Waals surface area contributed by atoms with Gasteiger partial charge in [0.05, 0.1) is 5.56 Å². The van der Waals surface area contributed by atoms with Crippen LogP contribution < -0.4 is 10.6 Å². The van der Waals surface area contributed by atoms with Crippen molar-refractivity contribution in [1.29, 1.82) is 0 Å². The molecule has 24 heavy (non-hydrogen) atoms. The Kier molecular flexibility index (Phi) is 4.04. The minimum atomic E-state index is -0.412. The van der Waals surface area contributed by atoms with Crippen molar-refractivity contribution in [2.45, 2.75) is 38.8 Å². The molecule has 0 bridgehead atoms. The summed E-state index contributed by atoms with van der Waals surface area (Å²) in [6, 6.07) is 5.25. The van der Waals surface area contributed by atoms with Gasteiger partial charge in [0.2, 0.25) is 0 Å². The molecule has 2 atom stereocenters. The first-order chi connectivity index (χ1) is 11.6. The third-order valence-corrected chi connectivity index (χ3v) is 6.70. The van der Waals surface area contributed by atoms with E-state index in [4.69, 9.17) is 0 Å². The Bertz CT molecular complexity index is 818. The van der Waals surface area contributed by atoms with E-state index in [-0.39, 0.29) is 11.7 Å². The van der Waals surface area contributed by atoms with Crippen LogP contribution in [0.3, 0.4) is 0 Å². The van der Waals surface area contributed by atoms with Crippen LogP contribution in [0.5, 0.6) is 5.75 Å². The first-order valence-electron chi connectivity index (χ1n) is 8.27. The van der Waals surface area contributed by atoms with Crippen molar-refractivity contribution in [2.24, 2.45) is 5.92 Å². The van der Waals surface area contributed by atoms with Crippen molar-refractivity contribution < 1.29 is 9.90 Å². The highest BCUT2D eigenvalue weighted by Gasteiger charge is 2.34. The van der Waals surface area contributed by atoms with E-state index in [1.165, 1.54) is 16.9 Å². The summed E-state index contributed by atoms with van der Waals surface area (Å²) in [5.74, 6) is 0.859. The summed E-state index contributed by atoms with van der Waals surface area (Å²) in [6.45, 7) is 2.24. The Balaban J connectivity index is 1.70. The second-order valence-corrected chi connectivity index (χ2v) is 8.50. The van der Waals surface area contributed by atoms with Crippen LogP contribution in [0.15, 0.2) is 22.7 Å². The molecule has 2 aliphatic rings. The number of hydrogen-bond acceptors (Lipinski definition) is 4. The van der Waals surface area contributed by atoms with Gasteiger partial charge in [-0.05, 0) is 48.9 Å². The molecule has 0 saturated carbocycles. The second kappa shape index (κ2) is 6.08. The summed E-state index contributed by atoms with van der Waals surface area (Å²) >= 11 is 5.13. The van der Waals surface area contributed by atoms with E-state index in [1.807, 2.05) is 6.07 Å². The quantitative estimate of drug-likeness (QED) is 0.683. The molecular weight excluding hydrogens is 388 g/mol. The largest absolute Gasteiger partial charge is 0.508 e. The van der Waals surface area contributed by atoms with E-state index in [0.717, 1.165) is 40.2 Å². The lowest BCUT2D eigenvalue weighted by atomic mass is 9.85. The average Bonchev–Trinajstić information content (AvgIpc) is 2.94. The molecule has 126 valence electrons. The summed E-state index contributed by atoms with van der Waals surface area (Å²) in [4.78, 5) is 14.1. The number of phenols is 1. The molecule has 1 aliphatic heterocycles. The third-order valence-electron chi connectivity index (χ3n) is 5.02. The number of benzene rings is 1. The molecule has 4 rings (SSSR count). The molecule has 1 aliphatic carbocycles. The Morgan fingerprint density at radius 3 is 3.00 bits per heavy atom. The van der Waals surface area contributed by atoms with Gasteiger partial charge in [-0.1, -0.05) is 29.3 Å². The normalized spacial score (nSPS) is 22.3. The van der Waals surface area contributed by atoms with E-state index in [0.29, 0.717) is 5.56 Å². The number of nitrogens with one attached hydrogen (secondary N) is 2. The number of carbonyl (C=O) groups excluding carboxylic acids is 1. The van der Waals surface area contributed by atoms with Crippen LogP contribution in [0.25, 0.3) is 0 Å². The fraction of sp³-hybridized carbons (Fsp3) is 0.389. The maximum atomic E-state index is 12.7. The summed E-state index contributed by atoms with van der Waals surface area (Å²) < 4.78 is 0.869. The van der Waals surface area contributed by atoms with E-state index in [9.17, 15) is 9.90 Å². The minimum Gasteiger partial charge on any atom is -0.508 e. The van der Waals surface area contributed by atoms with Crippen LogP contribution in [-0.4, -0.2) is 11.0 Å². The monoisotopic (exact) mass is 406 g/mol. The Morgan fingerprint density at radius 2 is 2.21 bits per heavy atom. The predicted molar refractivity (Wildman–Crippen MR) is 99.8 cm³/mol. The lowest BCUT2D eigenvalue weighted by Gasteiger charge is -2.27. The van der Waals surface area contributed by atoms with E-state index in [1.54, 1.807) is 23.5 Å². The number of halogens is 1. The first kappa shape index (κ1) is 16.0. The molecule has 2 heterocycles. The van der Waals surface area contributed by atoms with Crippen molar-refractivity contribution in [1.82, 2.24) is 5.32 Å². The SMILES string of the molecule is CC[C@@H]1CCc2c(sc3c2C(=O)N[C@H](c2cc(Br)ccc2O)N3)C1. The van der Waals surface area contributed by atoms with Crippen LogP contribution in [0.4, 0.5) is 5.00 Å². The fourth-order valence-corrected chi connectivity index (χ4v) is 5.39. The molecule has 3 N–H and O–H groups in total. The van der Waals surface area contributed by atoms with E-state index >= 15 is 0 Å². The van der Waals surface area contributed by atoms with E-state index < -0.39 is 6.17 Å². The molecule has 6 heteroatoms. The number of rotatable bonds is 2. The van der Waals surface area contributed by atoms with Gasteiger partial charge >= 0.3 is 0 Å². The Morgan fingerprint density at radius 1 is 1.38 bits per heavy atom. The zero-order chi connectivity index (χ0) is 16.8. The van der Waals surface area contributed by atoms with Gasteiger partial charge in [0.25, 0.3) is 5.91 Å². The Labute approximate surface area is 153 Å². The highest BCUT2D eigenvalue weighted by atomic mass is 79.9. The number of aromatic hydroxyl groups is 1. The molecule has 4 nitrogen and oxygen atoms in total. The number of anilines is 1. The maximum absolute atomic E-state index is 12.7. The Hall–Kier alpha value is -1.53. The van der Waals surface area contributed by atoms with Crippen LogP contribution in [0, 0.1) is 5.92 Å². The van der Waals surface area contributed by atoms with Gasteiger partial charge < -0.3 is 15.7 Å². The fourth-order valence-electron chi connectivity index (χ4n) is 3.63. The number of carbonyl (C=O) groups is 1. The molecular formula is C18H19BrN2O2S. The molecule has 0 radical (unpaired) electrons. The highest BCUT2D eigenvalue weighted by molar-refractivity contribution is 9.10. The minimum absolute atomic E-state index is 0.0411. The van der Waals surface area contributed by atoms with Gasteiger partial charge in [-0.15, -0.1) is 11.3 Å². The van der Waals surface area contributed by atoms with Gasteiger partial charge in [0, 0.05) is 14.9 Å². The number of amides is 1. The lowest BCUT2D eigenvalue weighted by Crippen LogP contribution is -2.38. The van der Waals surface area contributed by atoms with Gasteiger partial charge in [-0.2, -0.15) is 0 Å². The van der Waals surface area contributed by atoms with Crippen LogP contribution >= 0.6 is 27.3 Å². The zero-order valence-electron chi connectivity index (χ0n) is 13.4. The molecule has 1 aromatic carbocycles. The standard InChI is InChI=1S/C18H19BrN2O2S/c1-2-9-3-5-11-14(7-9)24-18-15(11)17(23)20-16(21-18)12-8-10(19)4-6-13(12)22/h4,6,8-9,16,21-22H,2-3,5,7H2,1H3,(H,20,23)/t9-,16+/m1/s1. The number of hydrogen-bond donors (Lipinski definition) is 3. The molecule has 0 unspecified atom stereocenters. The molecule has 2 aromatic rings. The van der Waals surface area contributed by atoms with Crippen molar-refractivity contribution >= 4 is 38.2 Å². The predicted octanol–water partition coefficient (Wildman–Crippen LogP) is 4.59. The summed E-state index contributed by atoms with van der Waals surface area (Å²) in [5.41, 5.74) is 2.71. The summed E-state index contributed by atoms with van der Waals surface area (Å²) in [7, 11) is 0. The second-order valence-electron chi connectivity index (χ2n) is 6.48. The smallest absolute Gasteiger partial charge is 0.256 e. The number of fused-ring (bicyclic) bond motifs is 3. The van der Waals surface area contributed by atoms with Crippen molar-refractivity contribution in [2.75, 3.05) is 5.32 Å². The van der Waals surface area contributed by atoms with Crippen LogP contribution in [0.2, 0.25) is 0 Å². The molecule has 0 fully saturated rings. The third kappa shape index (κ3) is 2.62. The van der Waals surface area contributed by atoms with Gasteiger partial charge in [-0.3, -0.25) is 4.79 Å².